The monoisotopic (exact) mass is 482 g/mol. The Morgan fingerprint density at radius 3 is 1.94 bits per heavy atom. The fraction of sp³-hybridized carbons (Fsp3) is 0.731. The average molecular weight is 483 g/mol. The smallest absolute Gasteiger partial charge is 0.209 e. The molecule has 1 atom stereocenters. The van der Waals surface area contributed by atoms with Gasteiger partial charge >= 0.3 is 0 Å². The number of amides is 1. The van der Waals surface area contributed by atoms with Crippen molar-refractivity contribution in [1.29, 1.82) is 0 Å². The highest BCUT2D eigenvalue weighted by Gasteiger charge is 2.19. The number of hydrogen-bond acceptors (Lipinski definition) is 6. The second-order valence-corrected chi connectivity index (χ2v) is 10.1. The Morgan fingerprint density at radius 2 is 1.52 bits per heavy atom. The van der Waals surface area contributed by atoms with Crippen LogP contribution in [0.4, 0.5) is 11.4 Å². The molecule has 2 heterocycles. The molecule has 3 rings (SSSR count). The zero-order valence-corrected chi connectivity index (χ0v) is 23.0. The van der Waals surface area contributed by atoms with E-state index in [-0.39, 0.29) is 6.61 Å². The number of aliphatic hydroxyl groups excluding tert-OH is 1. The van der Waals surface area contributed by atoms with Crippen LogP contribution in [0.3, 0.4) is 0 Å². The standard InChI is InChI=1S/C17H25N3OS.C4H10.C3H9NO.C2H6/c1-15-12-18(14-21)6-7-20(13-15)17-4-2-16(3-5-17)19-8-10-22-11-9-19;1-4(2)3;1-4-2-3-5;1-2/h2-5,14-15H,6-13H2,1H3;4H,1-3H3;4-5H,2-3H2,1H3;1-2H3. The fourth-order valence-corrected chi connectivity index (χ4v) is 4.31. The van der Waals surface area contributed by atoms with Crippen LogP contribution in [0, 0.1) is 11.8 Å². The van der Waals surface area contributed by atoms with Crippen LogP contribution in [0.25, 0.3) is 0 Å². The molecule has 1 amide bonds. The summed E-state index contributed by atoms with van der Waals surface area (Å²) in [5, 5.41) is 10.8. The molecule has 2 aliphatic rings. The molecule has 2 fully saturated rings. The highest BCUT2D eigenvalue weighted by molar-refractivity contribution is 7.99. The number of likely N-dealkylation sites (N-methyl/N-ethyl adjacent to an activating group) is 1. The van der Waals surface area contributed by atoms with Crippen molar-refractivity contribution < 1.29 is 9.90 Å². The Kier molecular flexibility index (Phi) is 19.1. The average Bonchev–Trinajstić information content (AvgIpc) is 3.03. The maximum absolute atomic E-state index is 11.0. The van der Waals surface area contributed by atoms with Gasteiger partial charge in [-0.05, 0) is 43.1 Å². The quantitative estimate of drug-likeness (QED) is 0.618. The number of carbonyl (C=O) groups is 1. The van der Waals surface area contributed by atoms with Crippen molar-refractivity contribution in [1.82, 2.24) is 10.2 Å². The third kappa shape index (κ3) is 14.4. The van der Waals surface area contributed by atoms with Crippen molar-refractivity contribution in [2.45, 2.75) is 41.5 Å². The first-order valence-corrected chi connectivity index (χ1v) is 13.7. The number of hydrogen-bond donors (Lipinski definition) is 2. The minimum atomic E-state index is 0.233. The van der Waals surface area contributed by atoms with E-state index in [0.717, 1.165) is 51.6 Å². The van der Waals surface area contributed by atoms with Crippen LogP contribution in [-0.4, -0.2) is 87.4 Å². The molecule has 0 radical (unpaired) electrons. The van der Waals surface area contributed by atoms with E-state index in [1.54, 1.807) is 7.05 Å². The number of benzene rings is 1. The van der Waals surface area contributed by atoms with Crippen molar-refractivity contribution in [2.24, 2.45) is 11.8 Å². The molecule has 2 saturated heterocycles. The molecule has 7 heteroatoms. The topological polar surface area (TPSA) is 59.1 Å². The molecule has 2 aliphatic heterocycles. The lowest BCUT2D eigenvalue weighted by Crippen LogP contribution is -2.32. The first-order valence-electron chi connectivity index (χ1n) is 12.5. The summed E-state index contributed by atoms with van der Waals surface area (Å²) >= 11 is 2.04. The molecule has 1 aromatic rings. The maximum atomic E-state index is 11.0. The summed E-state index contributed by atoms with van der Waals surface area (Å²) in [6.45, 7) is 19.6. The van der Waals surface area contributed by atoms with E-state index in [2.05, 4.69) is 67.1 Å². The summed E-state index contributed by atoms with van der Waals surface area (Å²) in [5.41, 5.74) is 2.61. The maximum Gasteiger partial charge on any atom is 0.209 e. The summed E-state index contributed by atoms with van der Waals surface area (Å²) < 4.78 is 0. The van der Waals surface area contributed by atoms with E-state index >= 15 is 0 Å². The number of anilines is 2. The largest absolute Gasteiger partial charge is 0.395 e. The van der Waals surface area contributed by atoms with E-state index in [4.69, 9.17) is 5.11 Å². The molecule has 1 unspecified atom stereocenters. The SMILES string of the molecule is CC.CC(C)C.CC1CN(C=O)CCN(c2ccc(N3CCSCC3)cc2)C1.CNCCO. The van der Waals surface area contributed by atoms with Gasteiger partial charge < -0.3 is 25.1 Å². The minimum Gasteiger partial charge on any atom is -0.395 e. The molecule has 0 spiro atoms. The van der Waals surface area contributed by atoms with Gasteiger partial charge in [-0.15, -0.1) is 0 Å². The highest BCUT2D eigenvalue weighted by Crippen LogP contribution is 2.24. The fourth-order valence-electron chi connectivity index (χ4n) is 3.40. The van der Waals surface area contributed by atoms with E-state index in [1.807, 2.05) is 30.5 Å². The van der Waals surface area contributed by atoms with Crippen LogP contribution in [-0.2, 0) is 4.79 Å². The molecule has 1 aromatic carbocycles. The molecular formula is C26H50N4O2S. The third-order valence-corrected chi connectivity index (χ3v) is 5.78. The molecule has 6 nitrogen and oxygen atoms in total. The van der Waals surface area contributed by atoms with Gasteiger partial charge in [-0.1, -0.05) is 41.5 Å². The Hall–Kier alpha value is -1.44. The second kappa shape index (κ2) is 20.0. The zero-order chi connectivity index (χ0) is 25.1. The predicted molar refractivity (Wildman–Crippen MR) is 148 cm³/mol. The highest BCUT2D eigenvalue weighted by atomic mass is 32.2. The summed E-state index contributed by atoms with van der Waals surface area (Å²) in [4.78, 5) is 17.8. The normalized spacial score (nSPS) is 18.1. The molecule has 33 heavy (non-hydrogen) atoms. The summed E-state index contributed by atoms with van der Waals surface area (Å²) in [7, 11) is 1.80. The van der Waals surface area contributed by atoms with Crippen LogP contribution >= 0.6 is 11.8 Å². The zero-order valence-electron chi connectivity index (χ0n) is 22.2. The van der Waals surface area contributed by atoms with Gasteiger partial charge in [0.1, 0.15) is 0 Å². The minimum absolute atomic E-state index is 0.233. The Labute approximate surface area is 208 Å². The van der Waals surface area contributed by atoms with Crippen LogP contribution in [0.1, 0.15) is 41.5 Å². The lowest BCUT2D eigenvalue weighted by molar-refractivity contribution is -0.118. The van der Waals surface area contributed by atoms with Crippen LogP contribution in [0.15, 0.2) is 24.3 Å². The summed E-state index contributed by atoms with van der Waals surface area (Å²) in [5.74, 6) is 3.80. The van der Waals surface area contributed by atoms with Gasteiger partial charge in [-0.2, -0.15) is 11.8 Å². The Bertz CT molecular complexity index is 575. The van der Waals surface area contributed by atoms with Gasteiger partial charge in [0.25, 0.3) is 0 Å². The predicted octanol–water partition coefficient (Wildman–Crippen LogP) is 4.04. The van der Waals surface area contributed by atoms with Gasteiger partial charge in [0.15, 0.2) is 0 Å². The molecule has 0 saturated carbocycles. The Morgan fingerprint density at radius 1 is 1.00 bits per heavy atom. The first kappa shape index (κ1) is 31.6. The van der Waals surface area contributed by atoms with Gasteiger partial charge in [0, 0.05) is 68.7 Å². The molecule has 0 aromatic heterocycles. The van der Waals surface area contributed by atoms with Gasteiger partial charge in [0.2, 0.25) is 6.41 Å². The molecular weight excluding hydrogens is 432 g/mol. The second-order valence-electron chi connectivity index (χ2n) is 8.83. The number of aliphatic hydroxyl groups is 1. The molecule has 0 bridgehead atoms. The van der Waals surface area contributed by atoms with E-state index in [0.29, 0.717) is 12.5 Å². The van der Waals surface area contributed by atoms with E-state index in [9.17, 15) is 4.79 Å². The molecule has 2 N–H and O–H groups in total. The van der Waals surface area contributed by atoms with Crippen molar-refractivity contribution in [2.75, 3.05) is 80.8 Å². The van der Waals surface area contributed by atoms with Crippen LogP contribution < -0.4 is 15.1 Å². The van der Waals surface area contributed by atoms with Gasteiger partial charge in [-0.25, -0.2) is 0 Å². The number of nitrogens with zero attached hydrogens (tertiary/aromatic N) is 3. The van der Waals surface area contributed by atoms with E-state index < -0.39 is 0 Å². The van der Waals surface area contributed by atoms with Crippen molar-refractivity contribution in [3.05, 3.63) is 24.3 Å². The number of carbonyl (C=O) groups excluding carboxylic acids is 1. The molecule has 192 valence electrons. The van der Waals surface area contributed by atoms with Gasteiger partial charge in [0.05, 0.1) is 6.61 Å². The van der Waals surface area contributed by atoms with Crippen LogP contribution in [0.5, 0.6) is 0 Å². The van der Waals surface area contributed by atoms with E-state index in [1.165, 1.54) is 22.9 Å². The number of nitrogens with one attached hydrogen (secondary N) is 1. The number of rotatable bonds is 5. The molecule has 0 aliphatic carbocycles. The van der Waals surface area contributed by atoms with Crippen molar-refractivity contribution >= 4 is 29.5 Å². The number of thioether (sulfide) groups is 1. The summed E-state index contributed by atoms with van der Waals surface area (Å²) in [6, 6.07) is 8.97. The van der Waals surface area contributed by atoms with Crippen molar-refractivity contribution in [3.63, 3.8) is 0 Å². The van der Waals surface area contributed by atoms with Gasteiger partial charge in [-0.3, -0.25) is 4.79 Å². The lowest BCUT2D eigenvalue weighted by Gasteiger charge is -2.29. The third-order valence-electron chi connectivity index (χ3n) is 4.84. The van der Waals surface area contributed by atoms with Crippen LogP contribution in [0.2, 0.25) is 0 Å². The van der Waals surface area contributed by atoms with Crippen molar-refractivity contribution in [3.8, 4) is 0 Å². The Balaban J connectivity index is 0.000000787. The lowest BCUT2D eigenvalue weighted by atomic mass is 10.1. The summed E-state index contributed by atoms with van der Waals surface area (Å²) in [6.07, 6.45) is 0.984. The first-order chi connectivity index (χ1) is 15.9.